The lowest BCUT2D eigenvalue weighted by Crippen LogP contribution is -2.25. The molecule has 0 spiro atoms. The predicted molar refractivity (Wildman–Crippen MR) is 129 cm³/mol. The molecule has 32 heavy (non-hydrogen) atoms. The highest BCUT2D eigenvalue weighted by molar-refractivity contribution is 7.99. The molecule has 9 heteroatoms. The van der Waals surface area contributed by atoms with E-state index in [2.05, 4.69) is 19.2 Å². The van der Waals surface area contributed by atoms with E-state index in [9.17, 15) is 14.9 Å². The molecule has 0 saturated carbocycles. The van der Waals surface area contributed by atoms with Crippen LogP contribution >= 0.6 is 11.8 Å². The zero-order valence-electron chi connectivity index (χ0n) is 19.8. The standard InChI is InChI=1S/C23H38N2O6S/c1-18(2)32-14-12-10-8-6-5-7-9-11-13-24-23(26)31-17-19-15-21(29-3)22(30-4)16-20(19)25(27)28/h15-16,18H,5-14,17H2,1-4H3,(H,24,26). The maximum atomic E-state index is 11.9. The average Bonchev–Trinajstić information content (AvgIpc) is 2.77. The molecule has 0 fully saturated rings. The molecule has 1 aromatic rings. The average molecular weight is 471 g/mol. The summed E-state index contributed by atoms with van der Waals surface area (Å²) >= 11 is 2.03. The number of amides is 1. The Morgan fingerprint density at radius 2 is 1.56 bits per heavy atom. The smallest absolute Gasteiger partial charge is 0.407 e. The quantitative estimate of drug-likeness (QED) is 0.167. The van der Waals surface area contributed by atoms with Crippen molar-refractivity contribution in [3.05, 3.63) is 27.8 Å². The first kappa shape index (κ1) is 27.9. The number of ether oxygens (including phenoxy) is 3. The van der Waals surface area contributed by atoms with Crippen LogP contribution in [-0.2, 0) is 11.3 Å². The number of carbonyl (C=O) groups excluding carboxylic acids is 1. The third-order valence-corrected chi connectivity index (χ3v) is 6.12. The second kappa shape index (κ2) is 16.5. The number of nitro benzene ring substituents is 1. The van der Waals surface area contributed by atoms with E-state index in [1.54, 1.807) is 0 Å². The van der Waals surface area contributed by atoms with E-state index in [1.807, 2.05) is 11.8 Å². The van der Waals surface area contributed by atoms with Crippen molar-refractivity contribution < 1.29 is 23.9 Å². The van der Waals surface area contributed by atoms with Crippen LogP contribution in [0.4, 0.5) is 10.5 Å². The summed E-state index contributed by atoms with van der Waals surface area (Å²) in [5.41, 5.74) is 0.0553. The minimum Gasteiger partial charge on any atom is -0.493 e. The van der Waals surface area contributed by atoms with E-state index in [0.29, 0.717) is 12.3 Å². The highest BCUT2D eigenvalue weighted by Crippen LogP contribution is 2.34. The zero-order valence-corrected chi connectivity index (χ0v) is 20.6. The second-order valence-corrected chi connectivity index (χ2v) is 9.53. The van der Waals surface area contributed by atoms with Crippen LogP contribution in [-0.4, -0.2) is 42.8 Å². The number of unbranched alkanes of at least 4 members (excludes halogenated alkanes) is 7. The second-order valence-electron chi connectivity index (χ2n) is 7.84. The molecule has 1 N–H and O–H groups in total. The molecule has 182 valence electrons. The van der Waals surface area contributed by atoms with E-state index in [4.69, 9.17) is 14.2 Å². The molecule has 0 aliphatic heterocycles. The number of methoxy groups -OCH3 is 2. The largest absolute Gasteiger partial charge is 0.493 e. The molecule has 1 aromatic carbocycles. The summed E-state index contributed by atoms with van der Waals surface area (Å²) in [5.74, 6) is 1.85. The molecular weight excluding hydrogens is 432 g/mol. The van der Waals surface area contributed by atoms with Crippen molar-refractivity contribution in [1.82, 2.24) is 5.32 Å². The number of alkyl carbamates (subject to hydrolysis) is 1. The molecule has 0 atom stereocenters. The molecule has 0 heterocycles. The summed E-state index contributed by atoms with van der Waals surface area (Å²) in [6.07, 6.45) is 8.93. The Bertz CT molecular complexity index is 699. The molecule has 0 aliphatic rings. The number of nitrogens with one attached hydrogen (secondary N) is 1. The van der Waals surface area contributed by atoms with Crippen LogP contribution < -0.4 is 14.8 Å². The topological polar surface area (TPSA) is 99.9 Å². The number of rotatable bonds is 17. The highest BCUT2D eigenvalue weighted by Gasteiger charge is 2.20. The predicted octanol–water partition coefficient (Wildman–Crippen LogP) is 6.10. The zero-order chi connectivity index (χ0) is 23.8. The van der Waals surface area contributed by atoms with Gasteiger partial charge in [0.1, 0.15) is 6.61 Å². The van der Waals surface area contributed by atoms with Crippen LogP contribution in [0.3, 0.4) is 0 Å². The van der Waals surface area contributed by atoms with Crippen LogP contribution in [0.5, 0.6) is 11.5 Å². The van der Waals surface area contributed by atoms with Gasteiger partial charge in [0.15, 0.2) is 11.5 Å². The van der Waals surface area contributed by atoms with Crippen LogP contribution in [0.25, 0.3) is 0 Å². The third-order valence-electron chi connectivity index (χ3n) is 4.93. The number of benzene rings is 1. The SMILES string of the molecule is COc1cc(COC(=O)NCCCCCCCCCCSC(C)C)c([N+](=O)[O-])cc1OC. The molecule has 0 radical (unpaired) electrons. The van der Waals surface area contributed by atoms with Crippen molar-refractivity contribution in [2.75, 3.05) is 26.5 Å². The van der Waals surface area contributed by atoms with Gasteiger partial charge in [-0.15, -0.1) is 0 Å². The van der Waals surface area contributed by atoms with Gasteiger partial charge in [-0.1, -0.05) is 52.4 Å². The highest BCUT2D eigenvalue weighted by atomic mass is 32.2. The number of hydrogen-bond donors (Lipinski definition) is 1. The first-order valence-electron chi connectivity index (χ1n) is 11.3. The number of nitro groups is 1. The van der Waals surface area contributed by atoms with Gasteiger partial charge >= 0.3 is 6.09 Å². The van der Waals surface area contributed by atoms with Crippen molar-refractivity contribution in [3.8, 4) is 11.5 Å². The summed E-state index contributed by atoms with van der Waals surface area (Å²) in [6.45, 7) is 4.78. The van der Waals surface area contributed by atoms with Crippen LogP contribution in [0, 0.1) is 10.1 Å². The fourth-order valence-corrected chi connectivity index (χ4v) is 4.03. The first-order valence-corrected chi connectivity index (χ1v) is 12.4. The van der Waals surface area contributed by atoms with Crippen molar-refractivity contribution in [3.63, 3.8) is 0 Å². The van der Waals surface area contributed by atoms with Crippen LogP contribution in [0.2, 0.25) is 0 Å². The molecular formula is C23H38N2O6S. The molecule has 1 amide bonds. The van der Waals surface area contributed by atoms with Gasteiger partial charge in [0.2, 0.25) is 0 Å². The Hall–Kier alpha value is -2.16. The van der Waals surface area contributed by atoms with E-state index in [0.717, 1.165) is 24.5 Å². The minimum atomic E-state index is -0.589. The summed E-state index contributed by atoms with van der Waals surface area (Å²) in [5, 5.41) is 14.7. The summed E-state index contributed by atoms with van der Waals surface area (Å²) in [6, 6.07) is 2.72. The van der Waals surface area contributed by atoms with Crippen molar-refractivity contribution in [2.45, 2.75) is 77.1 Å². The molecule has 0 saturated heterocycles. The van der Waals surface area contributed by atoms with Gasteiger partial charge in [-0.3, -0.25) is 10.1 Å². The van der Waals surface area contributed by atoms with E-state index >= 15 is 0 Å². The van der Waals surface area contributed by atoms with Crippen molar-refractivity contribution in [2.24, 2.45) is 0 Å². The van der Waals surface area contributed by atoms with Gasteiger partial charge in [0.25, 0.3) is 5.69 Å². The summed E-state index contributed by atoms with van der Waals surface area (Å²) in [4.78, 5) is 22.7. The lowest BCUT2D eigenvalue weighted by atomic mass is 10.1. The Morgan fingerprint density at radius 1 is 1.00 bits per heavy atom. The third kappa shape index (κ3) is 11.5. The van der Waals surface area contributed by atoms with Gasteiger partial charge in [-0.25, -0.2) is 4.79 Å². The van der Waals surface area contributed by atoms with Gasteiger partial charge in [-0.2, -0.15) is 11.8 Å². The fraction of sp³-hybridized carbons (Fsp3) is 0.696. The maximum absolute atomic E-state index is 11.9. The molecule has 0 bridgehead atoms. The molecule has 0 unspecified atom stereocenters. The Kier molecular flexibility index (Phi) is 14.3. The minimum absolute atomic E-state index is 0.186. The fourth-order valence-electron chi connectivity index (χ4n) is 3.19. The van der Waals surface area contributed by atoms with Gasteiger partial charge in [-0.05, 0) is 29.9 Å². The number of nitrogens with zero attached hydrogens (tertiary/aromatic N) is 1. The first-order chi connectivity index (χ1) is 15.4. The lowest BCUT2D eigenvalue weighted by Gasteiger charge is -2.11. The number of thioether (sulfide) groups is 1. The normalized spacial score (nSPS) is 10.8. The Balaban J connectivity index is 2.19. The molecule has 0 aliphatic carbocycles. The molecule has 1 rings (SSSR count). The van der Waals surface area contributed by atoms with Gasteiger partial charge in [0.05, 0.1) is 30.8 Å². The maximum Gasteiger partial charge on any atom is 0.407 e. The molecule has 0 aromatic heterocycles. The van der Waals surface area contributed by atoms with Crippen molar-refractivity contribution >= 4 is 23.5 Å². The Morgan fingerprint density at radius 3 is 2.12 bits per heavy atom. The van der Waals surface area contributed by atoms with E-state index < -0.39 is 11.0 Å². The Labute approximate surface area is 195 Å². The van der Waals surface area contributed by atoms with E-state index in [1.165, 1.54) is 64.2 Å². The number of hydrogen-bond acceptors (Lipinski definition) is 7. The van der Waals surface area contributed by atoms with Gasteiger partial charge in [0, 0.05) is 6.54 Å². The lowest BCUT2D eigenvalue weighted by molar-refractivity contribution is -0.385. The van der Waals surface area contributed by atoms with Crippen LogP contribution in [0.15, 0.2) is 12.1 Å². The monoisotopic (exact) mass is 470 g/mol. The van der Waals surface area contributed by atoms with E-state index in [-0.39, 0.29) is 23.6 Å². The molecule has 8 nitrogen and oxygen atoms in total. The summed E-state index contributed by atoms with van der Waals surface area (Å²) in [7, 11) is 2.84. The number of carbonyl (C=O) groups is 1. The summed E-state index contributed by atoms with van der Waals surface area (Å²) < 4.78 is 15.4. The van der Waals surface area contributed by atoms with Gasteiger partial charge < -0.3 is 19.5 Å². The van der Waals surface area contributed by atoms with Crippen LogP contribution in [0.1, 0.15) is 70.8 Å². The van der Waals surface area contributed by atoms with Crippen molar-refractivity contribution in [1.29, 1.82) is 0 Å².